The van der Waals surface area contributed by atoms with Crippen LogP contribution in [-0.4, -0.2) is 61.5 Å². The summed E-state index contributed by atoms with van der Waals surface area (Å²) < 4.78 is 6.35. The normalized spacial score (nSPS) is 21.4. The molecule has 6 nitrogen and oxygen atoms in total. The van der Waals surface area contributed by atoms with Crippen LogP contribution in [0.3, 0.4) is 0 Å². The van der Waals surface area contributed by atoms with Crippen molar-refractivity contribution < 1.29 is 23.9 Å². The number of carboxylic acid groups (broad SMARTS) is 1. The molecule has 1 amide bonds. The molecule has 34 heavy (non-hydrogen) atoms. The maximum atomic E-state index is 12.9. The third kappa shape index (κ3) is 4.67. The van der Waals surface area contributed by atoms with Gasteiger partial charge in [0.25, 0.3) is 0 Å². The Labute approximate surface area is 201 Å². The van der Waals surface area contributed by atoms with Crippen LogP contribution < -0.4 is 5.32 Å². The van der Waals surface area contributed by atoms with E-state index in [9.17, 15) is 14.7 Å². The first-order valence-electron chi connectivity index (χ1n) is 11.8. The number of rotatable bonds is 6. The van der Waals surface area contributed by atoms with E-state index in [0.717, 1.165) is 35.2 Å². The van der Waals surface area contributed by atoms with Gasteiger partial charge in [0.05, 0.1) is 32.6 Å². The van der Waals surface area contributed by atoms with Gasteiger partial charge in [-0.25, -0.2) is 9.59 Å². The summed E-state index contributed by atoms with van der Waals surface area (Å²) in [6, 6.07) is 15.2. The Bertz CT molecular complexity index is 1100. The zero-order valence-corrected chi connectivity index (χ0v) is 20.1. The number of fused-ring (bicyclic) bond motifs is 3. The number of alkyl carbamates (subject to hydrolysis) is 1. The van der Waals surface area contributed by atoms with Crippen LogP contribution in [0.1, 0.15) is 43.2 Å². The monoisotopic (exact) mass is 461 g/mol. The predicted molar refractivity (Wildman–Crippen MR) is 131 cm³/mol. The number of nitrogens with one attached hydrogen (secondary N) is 1. The van der Waals surface area contributed by atoms with Crippen LogP contribution >= 0.6 is 0 Å². The lowest BCUT2D eigenvalue weighted by atomic mass is 9.70. The number of likely N-dealkylation sites (tertiary alicyclic amines) is 1. The number of ether oxygens (including phenoxy) is 1. The first-order chi connectivity index (χ1) is 16.3. The number of nitrogens with zero attached hydrogens (tertiary/aromatic N) is 1. The number of hydrogen-bond donors (Lipinski definition) is 2. The summed E-state index contributed by atoms with van der Waals surface area (Å²) in [5.74, 6) is 4.86. The smallest absolute Gasteiger partial charge is 0.407 e. The van der Waals surface area contributed by atoms with Crippen molar-refractivity contribution in [2.24, 2.45) is 5.41 Å². The molecule has 2 aliphatic rings. The lowest BCUT2D eigenvalue weighted by Gasteiger charge is -2.47. The fourth-order valence-electron chi connectivity index (χ4n) is 5.85. The summed E-state index contributed by atoms with van der Waals surface area (Å²) in [5, 5.41) is 12.8. The molecule has 1 aliphatic heterocycles. The van der Waals surface area contributed by atoms with Gasteiger partial charge in [-0.05, 0) is 42.0 Å². The van der Waals surface area contributed by atoms with Crippen LogP contribution in [0, 0.1) is 17.3 Å². The minimum atomic E-state index is -1.07. The van der Waals surface area contributed by atoms with Gasteiger partial charge in [0.2, 0.25) is 0 Å². The molecule has 0 aromatic heterocycles. The van der Waals surface area contributed by atoms with Crippen LogP contribution in [0.15, 0.2) is 48.5 Å². The lowest BCUT2D eigenvalue weighted by Crippen LogP contribution is -2.62. The Kier molecular flexibility index (Phi) is 6.67. The molecular formula is C28H33N2O4+. The number of quaternary nitrogens is 1. The number of carbonyl (C=O) groups excluding carboxylic acids is 1. The van der Waals surface area contributed by atoms with Crippen LogP contribution in [0.2, 0.25) is 0 Å². The maximum absolute atomic E-state index is 12.9. The highest BCUT2D eigenvalue weighted by Crippen LogP contribution is 2.44. The first kappa shape index (κ1) is 23.8. The third-order valence-electron chi connectivity index (χ3n) is 7.26. The molecule has 0 bridgehead atoms. The molecule has 0 unspecified atom stereocenters. The fraction of sp³-hybridized carbons (Fsp3) is 0.429. The van der Waals surface area contributed by atoms with Gasteiger partial charge in [0.15, 0.2) is 0 Å². The van der Waals surface area contributed by atoms with Crippen molar-refractivity contribution in [1.29, 1.82) is 0 Å². The zero-order chi connectivity index (χ0) is 24.3. The lowest BCUT2D eigenvalue weighted by molar-refractivity contribution is -0.902. The Morgan fingerprint density at radius 2 is 1.76 bits per heavy atom. The molecule has 2 aromatic carbocycles. The fourth-order valence-corrected chi connectivity index (χ4v) is 5.85. The minimum Gasteiger partial charge on any atom is -0.480 e. The summed E-state index contributed by atoms with van der Waals surface area (Å²) in [7, 11) is 4.19. The number of piperidine rings is 1. The summed E-state index contributed by atoms with van der Waals surface area (Å²) in [6.07, 6.45) is 1.30. The van der Waals surface area contributed by atoms with Gasteiger partial charge >= 0.3 is 12.1 Å². The summed E-state index contributed by atoms with van der Waals surface area (Å²) in [6.45, 7) is 3.50. The molecule has 6 heteroatoms. The number of amides is 1. The molecule has 2 aromatic rings. The number of aliphatic carboxylic acids is 1. The molecular weight excluding hydrogens is 428 g/mol. The largest absolute Gasteiger partial charge is 0.480 e. The van der Waals surface area contributed by atoms with Gasteiger partial charge in [-0.1, -0.05) is 48.5 Å². The van der Waals surface area contributed by atoms with E-state index in [1.165, 1.54) is 0 Å². The van der Waals surface area contributed by atoms with Gasteiger partial charge in [-0.2, -0.15) is 0 Å². The first-order valence-corrected chi connectivity index (χ1v) is 11.8. The van der Waals surface area contributed by atoms with E-state index in [0.29, 0.717) is 23.9 Å². The molecule has 0 spiro atoms. The number of carboxylic acids is 1. The van der Waals surface area contributed by atoms with Gasteiger partial charge in [0.1, 0.15) is 12.6 Å². The summed E-state index contributed by atoms with van der Waals surface area (Å²) in [5.41, 5.74) is 3.88. The number of hydrogen-bond acceptors (Lipinski definition) is 3. The van der Waals surface area contributed by atoms with E-state index >= 15 is 0 Å². The van der Waals surface area contributed by atoms with Crippen LogP contribution in [-0.2, 0) is 9.53 Å². The number of benzene rings is 2. The molecule has 1 saturated heterocycles. The van der Waals surface area contributed by atoms with Gasteiger partial charge in [0, 0.05) is 12.3 Å². The van der Waals surface area contributed by atoms with E-state index < -0.39 is 23.5 Å². The molecule has 1 fully saturated rings. The standard InChI is InChI=1S/C28H32N2O4/c1-4-5-15-28(16-10-17-30(2,3)19-28)25(26(31)32)29-27(33)34-18-24-22-13-8-6-11-20(22)21-12-7-9-14-23(21)24/h6-9,11-14,24-25H,10,15-19H2,1-3H3,(H-,29,31,32,33)/p+1/t25-,28-/m0/s1. The van der Waals surface area contributed by atoms with Crippen LogP contribution in [0.5, 0.6) is 0 Å². The van der Waals surface area contributed by atoms with E-state index in [4.69, 9.17) is 4.74 Å². The second kappa shape index (κ2) is 9.52. The Balaban J connectivity index is 1.52. The van der Waals surface area contributed by atoms with E-state index in [-0.39, 0.29) is 12.5 Å². The molecule has 1 heterocycles. The highest BCUT2D eigenvalue weighted by Gasteiger charge is 2.50. The second-order valence-corrected chi connectivity index (χ2v) is 10.1. The van der Waals surface area contributed by atoms with Crippen LogP contribution in [0.25, 0.3) is 11.1 Å². The third-order valence-corrected chi connectivity index (χ3v) is 7.26. The van der Waals surface area contributed by atoms with E-state index in [1.807, 2.05) is 24.3 Å². The molecule has 1 aliphatic carbocycles. The molecule has 0 radical (unpaired) electrons. The van der Waals surface area contributed by atoms with Crippen molar-refractivity contribution in [3.63, 3.8) is 0 Å². The SMILES string of the molecule is CC#CC[C@]1([C@@H](NC(=O)OCC2c3ccccc3-c3ccccc32)C(=O)O)CCC[N+](C)(C)C1. The topological polar surface area (TPSA) is 75.6 Å². The van der Waals surface area contributed by atoms with E-state index in [1.54, 1.807) is 6.92 Å². The number of carbonyl (C=O) groups is 2. The average molecular weight is 462 g/mol. The average Bonchev–Trinajstić information content (AvgIpc) is 3.13. The van der Waals surface area contributed by atoms with E-state index in [2.05, 4.69) is 55.5 Å². The highest BCUT2D eigenvalue weighted by molar-refractivity contribution is 5.82. The molecule has 2 N–H and O–H groups in total. The van der Waals surface area contributed by atoms with Gasteiger partial charge in [-0.3, -0.25) is 0 Å². The quantitative estimate of drug-likeness (QED) is 0.498. The molecule has 2 atom stereocenters. The van der Waals surface area contributed by atoms with Crippen molar-refractivity contribution in [1.82, 2.24) is 5.32 Å². The van der Waals surface area contributed by atoms with Gasteiger partial charge in [-0.15, -0.1) is 11.8 Å². The second-order valence-electron chi connectivity index (χ2n) is 10.1. The molecule has 178 valence electrons. The summed E-state index contributed by atoms with van der Waals surface area (Å²) >= 11 is 0. The van der Waals surface area contributed by atoms with Crippen molar-refractivity contribution in [2.75, 3.05) is 33.8 Å². The van der Waals surface area contributed by atoms with Crippen molar-refractivity contribution in [3.05, 3.63) is 59.7 Å². The van der Waals surface area contributed by atoms with Crippen molar-refractivity contribution >= 4 is 12.1 Å². The van der Waals surface area contributed by atoms with Crippen molar-refractivity contribution in [2.45, 2.75) is 38.1 Å². The highest BCUT2D eigenvalue weighted by atomic mass is 16.5. The van der Waals surface area contributed by atoms with Gasteiger partial charge < -0.3 is 19.6 Å². The Morgan fingerprint density at radius 3 is 2.32 bits per heavy atom. The van der Waals surface area contributed by atoms with Crippen molar-refractivity contribution in [3.8, 4) is 23.0 Å². The van der Waals surface area contributed by atoms with Crippen LogP contribution in [0.4, 0.5) is 4.79 Å². The summed E-state index contributed by atoms with van der Waals surface area (Å²) in [4.78, 5) is 25.3. The Hall–Kier alpha value is -3.30. The molecule has 0 saturated carbocycles. The Morgan fingerprint density at radius 1 is 1.15 bits per heavy atom. The zero-order valence-electron chi connectivity index (χ0n) is 20.1. The predicted octanol–water partition coefficient (Wildman–Crippen LogP) is 4.25. The maximum Gasteiger partial charge on any atom is 0.407 e. The molecule has 4 rings (SSSR count). The minimum absolute atomic E-state index is 0.0772.